The number of nitrogens with zero attached hydrogens (tertiary/aromatic N) is 2. The van der Waals surface area contributed by atoms with Crippen molar-refractivity contribution in [3.05, 3.63) is 108 Å². The van der Waals surface area contributed by atoms with Gasteiger partial charge in [-0.1, -0.05) is 78.9 Å². The zero-order chi connectivity index (χ0) is 32.6. The quantitative estimate of drug-likeness (QED) is 0.0617. The normalized spacial score (nSPS) is 16.6. The number of phenolic OH excluding ortho intramolecular Hbond substituents is 1. The van der Waals surface area contributed by atoms with E-state index in [1.54, 1.807) is 29.3 Å². The fraction of sp³-hybridized carbons (Fsp3) is 0.306. The van der Waals surface area contributed by atoms with E-state index in [0.717, 1.165) is 16.7 Å². The number of benzene rings is 3. The molecule has 0 unspecified atom stereocenters. The smallest absolute Gasteiger partial charge is 0.306 e. The van der Waals surface area contributed by atoms with Crippen molar-refractivity contribution >= 4 is 35.6 Å². The minimum Gasteiger partial charge on any atom is -0.506 e. The van der Waals surface area contributed by atoms with Gasteiger partial charge in [0.2, 0.25) is 17.7 Å². The predicted molar refractivity (Wildman–Crippen MR) is 176 cm³/mol. The average molecular weight is 625 g/mol. The maximum Gasteiger partial charge on any atom is 0.306 e. The van der Waals surface area contributed by atoms with E-state index in [-0.39, 0.29) is 55.2 Å². The second-order valence-electron chi connectivity index (χ2n) is 11.0. The molecule has 46 heavy (non-hydrogen) atoms. The Morgan fingerprint density at radius 1 is 0.870 bits per heavy atom. The van der Waals surface area contributed by atoms with Crippen LogP contribution in [-0.4, -0.2) is 46.5 Å². The fourth-order valence-electron chi connectivity index (χ4n) is 4.88. The number of rotatable bonds is 11. The van der Waals surface area contributed by atoms with Crippen LogP contribution in [0.2, 0.25) is 0 Å². The van der Waals surface area contributed by atoms with Crippen LogP contribution in [0.5, 0.6) is 5.75 Å². The first-order valence-electron chi connectivity index (χ1n) is 15.5. The van der Waals surface area contributed by atoms with E-state index in [1.807, 2.05) is 66.7 Å². The molecule has 0 aromatic heterocycles. The van der Waals surface area contributed by atoms with Crippen molar-refractivity contribution < 1.29 is 29.0 Å². The van der Waals surface area contributed by atoms with E-state index in [1.165, 1.54) is 6.07 Å². The monoisotopic (exact) mass is 624 g/mol. The van der Waals surface area contributed by atoms with Gasteiger partial charge in [-0.05, 0) is 54.5 Å². The van der Waals surface area contributed by atoms with Crippen molar-refractivity contribution in [2.75, 3.05) is 11.9 Å². The molecule has 1 heterocycles. The summed E-state index contributed by atoms with van der Waals surface area (Å²) in [6.07, 6.45) is 8.15. The van der Waals surface area contributed by atoms with E-state index in [2.05, 4.69) is 15.8 Å². The van der Waals surface area contributed by atoms with Gasteiger partial charge in [-0.3, -0.25) is 19.2 Å². The first-order valence-corrected chi connectivity index (χ1v) is 15.5. The zero-order valence-corrected chi connectivity index (χ0v) is 25.8. The van der Waals surface area contributed by atoms with Crippen LogP contribution in [0.4, 0.5) is 5.69 Å². The van der Waals surface area contributed by atoms with Crippen molar-refractivity contribution in [2.24, 2.45) is 5.10 Å². The number of hydrazone groups is 1. The number of cyclic esters (lactones) is 1. The van der Waals surface area contributed by atoms with Gasteiger partial charge >= 0.3 is 5.97 Å². The highest BCUT2D eigenvalue weighted by Crippen LogP contribution is 2.23. The molecule has 3 aromatic carbocycles. The molecule has 1 atom stereocenters. The van der Waals surface area contributed by atoms with Gasteiger partial charge in [-0.2, -0.15) is 5.10 Å². The molecule has 3 aromatic rings. The Balaban J connectivity index is 1.26. The van der Waals surface area contributed by atoms with Gasteiger partial charge in [0.25, 0.3) is 0 Å². The largest absolute Gasteiger partial charge is 0.506 e. The number of nitrogens with one attached hydrogen (secondary N) is 2. The number of aromatic hydroxyl groups is 1. The van der Waals surface area contributed by atoms with Gasteiger partial charge in [-0.15, -0.1) is 0 Å². The second kappa shape index (κ2) is 17.9. The highest BCUT2D eigenvalue weighted by Gasteiger charge is 2.24. The number of allylic oxidation sites excluding steroid dienone is 2. The van der Waals surface area contributed by atoms with Crippen LogP contribution >= 0.6 is 0 Å². The Morgan fingerprint density at radius 3 is 2.28 bits per heavy atom. The SMILES string of the molecule is O=C(CCCCC(=O)Nc1ccccc1O)N/N=C/c1ccc(CN2C[C@@H](c3ccccc3)OC(=O)CC/C=C/CCC2=O)cc1. The molecule has 0 saturated heterocycles. The van der Waals surface area contributed by atoms with Crippen LogP contribution in [0.25, 0.3) is 0 Å². The minimum atomic E-state index is -0.572. The third-order valence-electron chi connectivity index (χ3n) is 7.38. The van der Waals surface area contributed by atoms with E-state index < -0.39 is 6.10 Å². The number of hydrogen-bond donors (Lipinski definition) is 3. The number of hydrogen-bond acceptors (Lipinski definition) is 7. The van der Waals surface area contributed by atoms with Gasteiger partial charge in [0.1, 0.15) is 11.9 Å². The molecule has 3 amide bonds. The van der Waals surface area contributed by atoms with Crippen molar-refractivity contribution in [1.82, 2.24) is 10.3 Å². The van der Waals surface area contributed by atoms with E-state index in [0.29, 0.717) is 44.3 Å². The Kier molecular flexibility index (Phi) is 13.1. The number of para-hydroxylation sites is 2. The molecular formula is C36H40N4O6. The molecular weight excluding hydrogens is 584 g/mol. The summed E-state index contributed by atoms with van der Waals surface area (Å²) in [6, 6.07) is 23.5. The highest BCUT2D eigenvalue weighted by atomic mass is 16.5. The Labute approximate surface area is 269 Å². The molecule has 0 fully saturated rings. The number of carbonyl (C=O) groups excluding carboxylic acids is 4. The summed E-state index contributed by atoms with van der Waals surface area (Å²) in [4.78, 5) is 51.8. The van der Waals surface area contributed by atoms with Crippen molar-refractivity contribution in [3.63, 3.8) is 0 Å². The number of phenols is 1. The Bertz CT molecular complexity index is 1520. The molecule has 240 valence electrons. The summed E-state index contributed by atoms with van der Waals surface area (Å²) < 4.78 is 5.83. The lowest BCUT2D eigenvalue weighted by Crippen LogP contribution is -2.35. The lowest BCUT2D eigenvalue weighted by molar-refractivity contribution is -0.152. The van der Waals surface area contributed by atoms with Crippen LogP contribution in [0.3, 0.4) is 0 Å². The lowest BCUT2D eigenvalue weighted by Gasteiger charge is -2.28. The number of esters is 1. The third-order valence-corrected chi connectivity index (χ3v) is 7.38. The van der Waals surface area contributed by atoms with Crippen LogP contribution < -0.4 is 10.7 Å². The maximum absolute atomic E-state index is 13.2. The maximum atomic E-state index is 13.2. The summed E-state index contributed by atoms with van der Waals surface area (Å²) >= 11 is 0. The number of amides is 3. The van der Waals surface area contributed by atoms with Crippen molar-refractivity contribution in [2.45, 2.75) is 64.0 Å². The fourth-order valence-corrected chi connectivity index (χ4v) is 4.88. The van der Waals surface area contributed by atoms with Gasteiger partial charge in [-0.25, -0.2) is 5.43 Å². The van der Waals surface area contributed by atoms with Crippen molar-refractivity contribution in [3.8, 4) is 5.75 Å². The van der Waals surface area contributed by atoms with Crippen LogP contribution in [0, 0.1) is 0 Å². The average Bonchev–Trinajstić information content (AvgIpc) is 3.05. The molecule has 0 saturated carbocycles. The molecule has 3 N–H and O–H groups in total. The summed E-state index contributed by atoms with van der Waals surface area (Å²) in [5.74, 6) is -0.800. The van der Waals surface area contributed by atoms with Crippen molar-refractivity contribution in [1.29, 1.82) is 0 Å². The van der Waals surface area contributed by atoms with E-state index in [4.69, 9.17) is 4.74 Å². The molecule has 10 heteroatoms. The predicted octanol–water partition coefficient (Wildman–Crippen LogP) is 5.78. The van der Waals surface area contributed by atoms with Crippen LogP contribution in [0.1, 0.15) is 74.2 Å². The zero-order valence-electron chi connectivity index (χ0n) is 25.8. The molecule has 4 rings (SSSR count). The molecule has 0 radical (unpaired) electrons. The van der Waals surface area contributed by atoms with Gasteiger partial charge in [0.15, 0.2) is 0 Å². The molecule has 0 bridgehead atoms. The van der Waals surface area contributed by atoms with Crippen LogP contribution in [-0.2, 0) is 30.5 Å². The molecule has 1 aliphatic heterocycles. The van der Waals surface area contributed by atoms with Crippen LogP contribution in [0.15, 0.2) is 96.1 Å². The Morgan fingerprint density at radius 2 is 1.54 bits per heavy atom. The summed E-state index contributed by atoms with van der Waals surface area (Å²) in [6.45, 7) is 0.594. The molecule has 0 spiro atoms. The van der Waals surface area contributed by atoms with Gasteiger partial charge in [0.05, 0.1) is 18.4 Å². The van der Waals surface area contributed by atoms with Gasteiger partial charge in [0, 0.05) is 32.2 Å². The first kappa shape index (κ1) is 33.6. The topological polar surface area (TPSA) is 137 Å². The standard InChI is InChI=1S/C36H40N4O6/c41-31-15-9-8-14-30(31)38-33(42)16-10-11-17-34(43)39-37-24-27-20-22-28(23-21-27)25-40-26-32(29-12-4-3-5-13-29)46-36(45)19-7-2-1-6-18-35(40)44/h1-5,8-9,12-15,20-24,32,41H,6-7,10-11,16-19,25-26H2,(H,38,42)(H,39,43)/b2-1+,37-24+/t32-/m0/s1. The number of carbonyl (C=O) groups is 4. The van der Waals surface area contributed by atoms with E-state index in [9.17, 15) is 24.3 Å². The number of anilines is 1. The van der Waals surface area contributed by atoms with E-state index >= 15 is 0 Å². The minimum absolute atomic E-state index is 0.00524. The summed E-state index contributed by atoms with van der Waals surface area (Å²) in [5, 5.41) is 16.4. The summed E-state index contributed by atoms with van der Waals surface area (Å²) in [7, 11) is 0. The third kappa shape index (κ3) is 11.4. The summed E-state index contributed by atoms with van der Waals surface area (Å²) in [5.41, 5.74) is 5.38. The molecule has 1 aliphatic rings. The second-order valence-corrected chi connectivity index (χ2v) is 11.0. The molecule has 10 nitrogen and oxygen atoms in total. The Hall–Kier alpha value is -5.25. The lowest BCUT2D eigenvalue weighted by atomic mass is 10.1. The molecule has 0 aliphatic carbocycles. The highest BCUT2D eigenvalue weighted by molar-refractivity contribution is 5.92. The van der Waals surface area contributed by atoms with Gasteiger partial charge < -0.3 is 20.1 Å². The number of unbranched alkanes of at least 4 members (excludes halogenated alkanes) is 1. The first-order chi connectivity index (χ1) is 22.4. The number of ether oxygens (including phenoxy) is 1.